The second-order valence-electron chi connectivity index (χ2n) is 8.02. The maximum absolute atomic E-state index is 13.7. The van der Waals surface area contributed by atoms with E-state index in [4.69, 9.17) is 0 Å². The molecule has 0 radical (unpaired) electrons. The number of amides is 1. The number of carbonyl (C=O) groups excluding carboxylic acids is 1. The van der Waals surface area contributed by atoms with Crippen LogP contribution in [0.25, 0.3) is 17.1 Å². The Balaban J connectivity index is 1.50. The van der Waals surface area contributed by atoms with Gasteiger partial charge < -0.3 is 5.32 Å². The molecule has 0 saturated heterocycles. The maximum Gasteiger partial charge on any atom is 0.453 e. The summed E-state index contributed by atoms with van der Waals surface area (Å²) in [6.07, 6.45) is -3.86. The molecule has 5 rings (SSSR count). The molecule has 14 heteroatoms. The number of hydrogen-bond acceptors (Lipinski definition) is 6. The summed E-state index contributed by atoms with van der Waals surface area (Å²) in [6.45, 7) is 1.36. The Bertz CT molecular complexity index is 1430. The first-order chi connectivity index (χ1) is 16.6. The van der Waals surface area contributed by atoms with Gasteiger partial charge in [-0.3, -0.25) is 4.79 Å². The topological polar surface area (TPSA) is 114 Å². The first kappa shape index (κ1) is 22.6. The Morgan fingerprint density at radius 1 is 1.11 bits per heavy atom. The van der Waals surface area contributed by atoms with Crippen molar-refractivity contribution in [2.75, 3.05) is 5.32 Å². The van der Waals surface area contributed by atoms with Gasteiger partial charge in [-0.2, -0.15) is 18.4 Å². The summed E-state index contributed by atoms with van der Waals surface area (Å²) in [5, 5.41) is 19.8. The van der Waals surface area contributed by atoms with Gasteiger partial charge in [0.15, 0.2) is 11.6 Å². The zero-order chi connectivity index (χ0) is 25.0. The number of aromatic amines is 1. The van der Waals surface area contributed by atoms with Crippen molar-refractivity contribution in [1.29, 1.82) is 0 Å². The summed E-state index contributed by atoms with van der Waals surface area (Å²) in [4.78, 5) is 16.6. The number of rotatable bonds is 5. The molecule has 2 N–H and O–H groups in total. The van der Waals surface area contributed by atoms with Gasteiger partial charge in [-0.1, -0.05) is 6.07 Å². The van der Waals surface area contributed by atoms with Gasteiger partial charge in [0.05, 0.1) is 16.7 Å². The molecule has 1 saturated carbocycles. The van der Waals surface area contributed by atoms with Gasteiger partial charge in [-0.15, -0.1) is 15.3 Å². The van der Waals surface area contributed by atoms with Gasteiger partial charge in [-0.05, 0) is 60.9 Å². The second-order valence-corrected chi connectivity index (χ2v) is 8.02. The van der Waals surface area contributed by atoms with Crippen molar-refractivity contribution >= 4 is 11.6 Å². The predicted octanol–water partition coefficient (Wildman–Crippen LogP) is 3.72. The molecule has 0 unspecified atom stereocenters. The summed E-state index contributed by atoms with van der Waals surface area (Å²) in [7, 11) is 0. The number of aryl methyl sites for hydroxylation is 1. The third-order valence-corrected chi connectivity index (χ3v) is 5.75. The van der Waals surface area contributed by atoms with Gasteiger partial charge in [-0.25, -0.2) is 18.4 Å². The van der Waals surface area contributed by atoms with Crippen LogP contribution in [0.3, 0.4) is 0 Å². The van der Waals surface area contributed by atoms with Crippen LogP contribution in [0.5, 0.6) is 0 Å². The van der Waals surface area contributed by atoms with Crippen molar-refractivity contribution < 1.29 is 26.7 Å². The highest BCUT2D eigenvalue weighted by Gasteiger charge is 2.51. The zero-order valence-electron chi connectivity index (χ0n) is 17.9. The van der Waals surface area contributed by atoms with Crippen LogP contribution in [0, 0.1) is 18.6 Å². The van der Waals surface area contributed by atoms with Crippen molar-refractivity contribution in [2.24, 2.45) is 0 Å². The van der Waals surface area contributed by atoms with Gasteiger partial charge in [0.25, 0.3) is 5.82 Å². The Morgan fingerprint density at radius 3 is 2.49 bits per heavy atom. The van der Waals surface area contributed by atoms with E-state index in [1.165, 1.54) is 31.2 Å². The Morgan fingerprint density at radius 2 is 1.89 bits per heavy atom. The fraction of sp³-hybridized carbons (Fsp3) is 0.238. The lowest BCUT2D eigenvalue weighted by molar-refractivity contribution is -0.144. The molecule has 0 aliphatic heterocycles. The maximum atomic E-state index is 13.7. The standard InChI is InChI=1S/C21H15F5N8O/c1-10-27-18(21(24,25)26)31-34(10)16-5-3-12(9-13(16)17-29-32-33-30-17)28-19(35)20(6-7-20)11-2-4-14(22)15(23)8-11/h2-5,8-9H,6-7H2,1H3,(H,28,35)(H,29,30,32,33). The van der Waals surface area contributed by atoms with Crippen LogP contribution in [0.15, 0.2) is 36.4 Å². The van der Waals surface area contributed by atoms with Crippen LogP contribution in [0.1, 0.15) is 30.1 Å². The lowest BCUT2D eigenvalue weighted by Gasteiger charge is -2.17. The number of nitrogens with zero attached hydrogens (tertiary/aromatic N) is 6. The molecule has 4 aromatic rings. The number of halogens is 5. The predicted molar refractivity (Wildman–Crippen MR) is 110 cm³/mol. The SMILES string of the molecule is Cc1nc(C(F)(F)F)nn1-c1ccc(NC(=O)C2(c3ccc(F)c(F)c3)CC2)cc1-c1nn[nH]n1. The normalized spacial score (nSPS) is 14.7. The van der Waals surface area contributed by atoms with Crippen LogP contribution >= 0.6 is 0 Å². The monoisotopic (exact) mass is 490 g/mol. The number of tetrazole rings is 1. The summed E-state index contributed by atoms with van der Waals surface area (Å²) in [6, 6.07) is 7.68. The van der Waals surface area contributed by atoms with Crippen LogP contribution in [0.2, 0.25) is 0 Å². The van der Waals surface area contributed by atoms with Crippen LogP contribution < -0.4 is 5.32 Å². The first-order valence-electron chi connectivity index (χ1n) is 10.2. The van der Waals surface area contributed by atoms with Crippen molar-refractivity contribution in [3.05, 3.63) is 65.2 Å². The minimum absolute atomic E-state index is 0.0332. The quantitative estimate of drug-likeness (QED) is 0.412. The van der Waals surface area contributed by atoms with E-state index in [0.717, 1.165) is 16.8 Å². The molecule has 2 aromatic heterocycles. The molecule has 1 aliphatic rings. The number of aromatic nitrogens is 7. The molecule has 0 bridgehead atoms. The molecule has 180 valence electrons. The molecule has 1 aliphatic carbocycles. The number of anilines is 1. The molecule has 35 heavy (non-hydrogen) atoms. The lowest BCUT2D eigenvalue weighted by atomic mass is 9.94. The minimum atomic E-state index is -4.74. The van der Waals surface area contributed by atoms with E-state index in [2.05, 4.69) is 36.0 Å². The molecule has 0 spiro atoms. The number of alkyl halides is 3. The van der Waals surface area contributed by atoms with Crippen LogP contribution in [-0.4, -0.2) is 41.3 Å². The number of hydrogen-bond donors (Lipinski definition) is 2. The lowest BCUT2D eigenvalue weighted by Crippen LogP contribution is -2.28. The second kappa shape index (κ2) is 7.92. The molecule has 2 aromatic carbocycles. The number of benzene rings is 2. The molecule has 9 nitrogen and oxygen atoms in total. The molecule has 0 atom stereocenters. The van der Waals surface area contributed by atoms with Crippen molar-refractivity contribution in [3.8, 4) is 17.1 Å². The Hall–Kier alpha value is -4.23. The molecular formula is C21H15F5N8O. The first-order valence-corrected chi connectivity index (χ1v) is 10.2. The summed E-state index contributed by atoms with van der Waals surface area (Å²) in [5.41, 5.74) is 0.00881. The van der Waals surface area contributed by atoms with Crippen molar-refractivity contribution in [3.63, 3.8) is 0 Å². The van der Waals surface area contributed by atoms with E-state index in [1.807, 2.05) is 0 Å². The number of nitrogens with one attached hydrogen (secondary N) is 2. The van der Waals surface area contributed by atoms with E-state index < -0.39 is 35.0 Å². The van der Waals surface area contributed by atoms with Crippen molar-refractivity contribution in [2.45, 2.75) is 31.4 Å². The molecule has 1 amide bonds. The highest BCUT2D eigenvalue weighted by atomic mass is 19.4. The van der Waals surface area contributed by atoms with E-state index in [0.29, 0.717) is 18.4 Å². The van der Waals surface area contributed by atoms with E-state index >= 15 is 0 Å². The summed E-state index contributed by atoms with van der Waals surface area (Å²) in [5.74, 6) is -3.80. The van der Waals surface area contributed by atoms with Gasteiger partial charge in [0.1, 0.15) is 5.82 Å². The highest BCUT2D eigenvalue weighted by molar-refractivity contribution is 6.01. The average molecular weight is 490 g/mol. The van der Waals surface area contributed by atoms with E-state index in [1.54, 1.807) is 0 Å². The molecular weight excluding hydrogens is 475 g/mol. The zero-order valence-corrected chi connectivity index (χ0v) is 17.9. The number of H-pyrrole nitrogens is 1. The van der Waals surface area contributed by atoms with E-state index in [9.17, 15) is 26.7 Å². The fourth-order valence-electron chi connectivity index (χ4n) is 3.81. The number of carbonyl (C=O) groups is 1. The Labute approximate surface area is 193 Å². The summed E-state index contributed by atoms with van der Waals surface area (Å²) < 4.78 is 67.4. The largest absolute Gasteiger partial charge is 0.453 e. The minimum Gasteiger partial charge on any atom is -0.325 e. The molecule has 1 fully saturated rings. The smallest absolute Gasteiger partial charge is 0.325 e. The van der Waals surface area contributed by atoms with Gasteiger partial charge in [0.2, 0.25) is 11.7 Å². The fourth-order valence-corrected chi connectivity index (χ4v) is 3.81. The van der Waals surface area contributed by atoms with E-state index in [-0.39, 0.29) is 28.6 Å². The van der Waals surface area contributed by atoms with Crippen LogP contribution in [-0.2, 0) is 16.4 Å². The van der Waals surface area contributed by atoms with Crippen molar-refractivity contribution in [1.82, 2.24) is 35.4 Å². The van der Waals surface area contributed by atoms with Gasteiger partial charge in [0, 0.05) is 5.69 Å². The summed E-state index contributed by atoms with van der Waals surface area (Å²) >= 11 is 0. The van der Waals surface area contributed by atoms with Gasteiger partial charge >= 0.3 is 6.18 Å². The highest BCUT2D eigenvalue weighted by Crippen LogP contribution is 2.49. The third kappa shape index (κ3) is 4.00. The third-order valence-electron chi connectivity index (χ3n) is 5.75. The average Bonchev–Trinajstić information content (AvgIpc) is 3.24. The van der Waals surface area contributed by atoms with Crippen LogP contribution in [0.4, 0.5) is 27.6 Å². The molecule has 2 heterocycles. The Kier molecular flexibility index (Phi) is 5.11.